The lowest BCUT2D eigenvalue weighted by molar-refractivity contribution is 0.344. The molecule has 1 aliphatic heterocycles. The zero-order valence-electron chi connectivity index (χ0n) is 18.7. The quantitative estimate of drug-likeness (QED) is 0.248. The predicted molar refractivity (Wildman–Crippen MR) is 123 cm³/mol. The lowest BCUT2D eigenvalue weighted by atomic mass is 10.1. The van der Waals surface area contributed by atoms with Crippen molar-refractivity contribution in [1.82, 2.24) is 9.29 Å². The molecule has 0 bridgehead atoms. The molecule has 12 heteroatoms. The van der Waals surface area contributed by atoms with E-state index in [-0.39, 0.29) is 26.2 Å². The number of anilines is 1. The number of aryl methyl sites for hydroxylation is 1. The van der Waals surface area contributed by atoms with Gasteiger partial charge in [0, 0.05) is 38.0 Å². The largest absolute Gasteiger partial charge is 0.345 e. The number of aromatic nitrogens is 1. The lowest BCUT2D eigenvalue weighted by Crippen LogP contribution is -2.49. The molecule has 0 atom stereocenters. The molecule has 2 aromatic carbocycles. The molecule has 1 saturated heterocycles. The molecule has 0 amide bonds. The first kappa shape index (κ1) is 25.5. The van der Waals surface area contributed by atoms with E-state index in [9.17, 15) is 30.4 Å². The summed E-state index contributed by atoms with van der Waals surface area (Å²) in [4.78, 5) is 4.60. The molecule has 0 aliphatic carbocycles. The first-order valence-corrected chi connectivity index (χ1v) is 13.2. The van der Waals surface area contributed by atoms with Gasteiger partial charge < -0.3 is 4.90 Å². The molecule has 4 rings (SSSR count). The van der Waals surface area contributed by atoms with E-state index in [0.29, 0.717) is 15.9 Å². The van der Waals surface area contributed by atoms with Gasteiger partial charge in [-0.2, -0.15) is 4.31 Å². The van der Waals surface area contributed by atoms with E-state index in [1.165, 1.54) is 16.9 Å². The molecule has 0 saturated carbocycles. The van der Waals surface area contributed by atoms with E-state index >= 15 is 0 Å². The van der Waals surface area contributed by atoms with Crippen LogP contribution in [0.4, 0.5) is 27.1 Å². The van der Waals surface area contributed by atoms with Crippen molar-refractivity contribution in [2.75, 3.05) is 31.1 Å². The van der Waals surface area contributed by atoms with Gasteiger partial charge in [-0.05, 0) is 17.5 Å². The van der Waals surface area contributed by atoms with Crippen LogP contribution in [-0.4, -0.2) is 43.9 Å². The van der Waals surface area contributed by atoms with Crippen molar-refractivity contribution in [3.63, 3.8) is 0 Å². The molecule has 35 heavy (non-hydrogen) atoms. The van der Waals surface area contributed by atoms with Gasteiger partial charge in [-0.25, -0.2) is 35.4 Å². The van der Waals surface area contributed by atoms with Crippen molar-refractivity contribution >= 4 is 26.5 Å². The minimum absolute atomic E-state index is 0.146. The minimum atomic E-state index is -4.94. The van der Waals surface area contributed by atoms with Gasteiger partial charge in [-0.3, -0.25) is 0 Å². The van der Waals surface area contributed by atoms with Crippen molar-refractivity contribution in [3.05, 3.63) is 75.6 Å². The highest BCUT2D eigenvalue weighted by Gasteiger charge is 2.38. The Hall–Kier alpha value is -2.57. The van der Waals surface area contributed by atoms with Gasteiger partial charge in [-0.1, -0.05) is 37.6 Å². The Morgan fingerprint density at radius 1 is 0.857 bits per heavy atom. The molecule has 1 aliphatic rings. The Balaban J connectivity index is 1.44. The van der Waals surface area contributed by atoms with Gasteiger partial charge in [0.1, 0.15) is 0 Å². The van der Waals surface area contributed by atoms with E-state index in [2.05, 4.69) is 36.2 Å². The number of nitrogens with zero attached hydrogens (tertiary/aromatic N) is 3. The Bertz CT molecular complexity index is 1290. The summed E-state index contributed by atoms with van der Waals surface area (Å²) in [5, 5.41) is 2.57. The standard InChI is InChI=1S/C23H22F5N3O2S2/c1-2-3-14-4-6-15(7-5-14)12-16-13-34-23(29-16)30-8-10-31(11-9-30)35(32,33)22-20(27)18(25)17(24)19(26)21(22)28/h4-7,13H,2-3,8-12H2,1H3. The van der Waals surface area contributed by atoms with Crippen LogP contribution in [0.3, 0.4) is 0 Å². The van der Waals surface area contributed by atoms with Gasteiger partial charge in [-0.15, -0.1) is 11.3 Å². The summed E-state index contributed by atoms with van der Waals surface area (Å²) in [6.45, 7) is 2.02. The zero-order valence-corrected chi connectivity index (χ0v) is 20.3. The van der Waals surface area contributed by atoms with Gasteiger partial charge >= 0.3 is 0 Å². The Morgan fingerprint density at radius 3 is 1.97 bits per heavy atom. The molecule has 0 spiro atoms. The van der Waals surface area contributed by atoms with Crippen LogP contribution in [0.1, 0.15) is 30.2 Å². The van der Waals surface area contributed by atoms with Crippen molar-refractivity contribution in [3.8, 4) is 0 Å². The first-order chi connectivity index (χ1) is 16.6. The van der Waals surface area contributed by atoms with Gasteiger partial charge in [0.15, 0.2) is 33.3 Å². The second-order valence-corrected chi connectivity index (χ2v) is 10.9. The molecule has 0 N–H and O–H groups in total. The monoisotopic (exact) mass is 531 g/mol. The Morgan fingerprint density at radius 2 is 1.40 bits per heavy atom. The average Bonchev–Trinajstić information content (AvgIpc) is 3.31. The fraction of sp³-hybridized carbons (Fsp3) is 0.348. The number of hydrogen-bond donors (Lipinski definition) is 0. The number of sulfonamides is 1. The summed E-state index contributed by atoms with van der Waals surface area (Å²) in [7, 11) is -4.94. The molecular weight excluding hydrogens is 509 g/mol. The second kappa shape index (κ2) is 10.2. The number of hydrogen-bond acceptors (Lipinski definition) is 5. The molecule has 1 fully saturated rings. The maximum atomic E-state index is 14.1. The highest BCUT2D eigenvalue weighted by molar-refractivity contribution is 7.89. The van der Waals surface area contributed by atoms with Crippen LogP contribution in [0.5, 0.6) is 0 Å². The van der Waals surface area contributed by atoms with Crippen LogP contribution in [0.2, 0.25) is 0 Å². The molecule has 5 nitrogen and oxygen atoms in total. The summed E-state index contributed by atoms with van der Waals surface area (Å²) in [6, 6.07) is 8.31. The minimum Gasteiger partial charge on any atom is -0.345 e. The van der Waals surface area contributed by atoms with E-state index in [4.69, 9.17) is 0 Å². The zero-order chi connectivity index (χ0) is 25.3. The van der Waals surface area contributed by atoms with Crippen molar-refractivity contribution in [2.45, 2.75) is 31.1 Å². The smallest absolute Gasteiger partial charge is 0.249 e. The number of thiazole rings is 1. The first-order valence-electron chi connectivity index (χ1n) is 10.9. The van der Waals surface area contributed by atoms with Gasteiger partial charge in [0.2, 0.25) is 15.8 Å². The highest BCUT2D eigenvalue weighted by atomic mass is 32.2. The number of halogens is 5. The third kappa shape index (κ3) is 5.05. The Kier molecular flexibility index (Phi) is 7.43. The third-order valence-electron chi connectivity index (χ3n) is 5.76. The van der Waals surface area contributed by atoms with Crippen LogP contribution in [0.15, 0.2) is 34.5 Å². The highest BCUT2D eigenvalue weighted by Crippen LogP contribution is 2.30. The maximum Gasteiger partial charge on any atom is 0.249 e. The van der Waals surface area contributed by atoms with Crippen LogP contribution < -0.4 is 4.90 Å². The molecule has 0 unspecified atom stereocenters. The van der Waals surface area contributed by atoms with Crippen LogP contribution in [0.25, 0.3) is 0 Å². The van der Waals surface area contributed by atoms with E-state index < -0.39 is 44.0 Å². The summed E-state index contributed by atoms with van der Waals surface area (Å²) in [5.74, 6) is -11.7. The van der Waals surface area contributed by atoms with Crippen molar-refractivity contribution < 1.29 is 30.4 Å². The van der Waals surface area contributed by atoms with E-state index in [0.717, 1.165) is 24.1 Å². The van der Waals surface area contributed by atoms with E-state index in [1.54, 1.807) is 0 Å². The molecule has 1 aromatic heterocycles. The van der Waals surface area contributed by atoms with Crippen molar-refractivity contribution in [1.29, 1.82) is 0 Å². The van der Waals surface area contributed by atoms with Crippen molar-refractivity contribution in [2.24, 2.45) is 0 Å². The number of benzene rings is 2. The van der Waals surface area contributed by atoms with Crippen LogP contribution in [0, 0.1) is 29.1 Å². The molecule has 3 aromatic rings. The predicted octanol–water partition coefficient (Wildman–Crippen LogP) is 4.89. The normalized spacial score (nSPS) is 15.1. The summed E-state index contributed by atoms with van der Waals surface area (Å²) >= 11 is 1.39. The summed E-state index contributed by atoms with van der Waals surface area (Å²) in [6.07, 6.45) is 2.73. The molecular formula is C23H22F5N3O2S2. The number of piperazine rings is 1. The number of rotatable bonds is 7. The Labute approximate surface area is 203 Å². The summed E-state index contributed by atoms with van der Waals surface area (Å²) in [5.41, 5.74) is 3.24. The van der Waals surface area contributed by atoms with Gasteiger partial charge in [0.05, 0.1) is 5.69 Å². The summed E-state index contributed by atoms with van der Waals surface area (Å²) < 4.78 is 94.7. The van der Waals surface area contributed by atoms with Gasteiger partial charge in [0.25, 0.3) is 0 Å². The third-order valence-corrected chi connectivity index (χ3v) is 8.63. The van der Waals surface area contributed by atoms with Crippen LogP contribution >= 0.6 is 11.3 Å². The van der Waals surface area contributed by atoms with Crippen LogP contribution in [-0.2, 0) is 22.9 Å². The molecule has 2 heterocycles. The fourth-order valence-electron chi connectivity index (χ4n) is 3.90. The second-order valence-electron chi connectivity index (χ2n) is 8.15. The SMILES string of the molecule is CCCc1ccc(Cc2csc(N3CCN(S(=O)(=O)c4c(F)c(F)c(F)c(F)c4F)CC3)n2)cc1. The average molecular weight is 532 g/mol. The maximum absolute atomic E-state index is 14.1. The molecule has 188 valence electrons. The fourth-order valence-corrected chi connectivity index (χ4v) is 6.32. The van der Waals surface area contributed by atoms with E-state index in [1.807, 2.05) is 10.3 Å². The topological polar surface area (TPSA) is 53.5 Å². The lowest BCUT2D eigenvalue weighted by Gasteiger charge is -2.33. The molecule has 0 radical (unpaired) electrons.